The fraction of sp³-hybridized carbons (Fsp3) is 0.192. The van der Waals surface area contributed by atoms with E-state index in [-0.39, 0.29) is 29.8 Å². The summed E-state index contributed by atoms with van der Waals surface area (Å²) in [5.74, 6) is 14.5. The molecular formula is C120H107O10S5+5. The Kier molecular flexibility index (Phi) is 29.8. The van der Waals surface area contributed by atoms with Crippen molar-refractivity contribution in [3.8, 4) is 28.7 Å². The second-order valence-corrected chi connectivity index (χ2v) is 45.7. The van der Waals surface area contributed by atoms with Gasteiger partial charge in [0.05, 0.1) is 27.8 Å². The molecule has 0 amide bonds. The summed E-state index contributed by atoms with van der Waals surface area (Å²) in [4.78, 5) is 70.6. The van der Waals surface area contributed by atoms with Gasteiger partial charge in [-0.3, -0.25) is 0 Å². The van der Waals surface area contributed by atoms with E-state index in [1.165, 1.54) is 192 Å². The lowest BCUT2D eigenvalue weighted by Gasteiger charge is -2.16. The molecule has 0 bridgehead atoms. The average Bonchev–Trinajstić information content (AvgIpc) is 1.77. The molecule has 0 aromatic heterocycles. The summed E-state index contributed by atoms with van der Waals surface area (Å²) in [5.41, 5.74) is 2.90. The van der Waals surface area contributed by atoms with Gasteiger partial charge in [0.15, 0.2) is 24.5 Å². The predicted molar refractivity (Wildman–Crippen MR) is 566 cm³/mol. The third-order valence-corrected chi connectivity index (χ3v) is 38.4. The second-order valence-electron chi connectivity index (χ2n) is 34.5. The fourth-order valence-corrected chi connectivity index (χ4v) is 31.3. The number of hydrogen-bond acceptors (Lipinski definition) is 10. The van der Waals surface area contributed by atoms with Crippen LogP contribution in [0.25, 0.3) is 86.2 Å². The molecule has 0 N–H and O–H groups in total. The highest BCUT2D eigenvalue weighted by Crippen LogP contribution is 2.42. The average molecular weight is 1870 g/mol. The molecule has 5 aliphatic heterocycles. The summed E-state index contributed by atoms with van der Waals surface area (Å²) in [6.07, 6.45) is 17.2. The topological polar surface area (TPSA) is 132 Å². The van der Waals surface area contributed by atoms with Crippen LogP contribution in [-0.2, 0) is 54.5 Å². The van der Waals surface area contributed by atoms with E-state index in [9.17, 15) is 24.0 Å². The van der Waals surface area contributed by atoms with Crippen LogP contribution in [0, 0.1) is 0 Å². The molecule has 10 nitrogen and oxygen atoms in total. The Morgan fingerprint density at radius 3 is 0.681 bits per heavy atom. The number of fused-ring (bicyclic) bond motifs is 8. The molecule has 0 unspecified atom stereocenters. The summed E-state index contributed by atoms with van der Waals surface area (Å²) < 4.78 is 29.1. The van der Waals surface area contributed by atoms with Gasteiger partial charge in [-0.15, -0.1) is 0 Å². The molecule has 5 aliphatic rings. The van der Waals surface area contributed by atoms with Gasteiger partial charge >= 0.3 is 29.8 Å². The molecule has 0 atom stereocenters. The lowest BCUT2D eigenvalue weighted by Crippen LogP contribution is -2.18. The SMILES string of the molecule is O=C(Oc1ccc([S+]2CCCC2)c2ccccc12)c1ccc2ccccc2c1.O=C(Oc1ccc([S+]2CCCC2)c2ccccc12)c1ccccc1.O=C(Oc1ccc([S+]2CCCCC2)c2ccccc12)c1ccc2ccccc2c1.O=C(Oc1ccc([S+]2CCCCC2)c2ccccc12)c1cccc2ccccc12.O=C(Oc1ccc([S+]2CCCCC2)c2ccccc12)c1ccccc1. The Hall–Kier alpha value is -12.9. The molecule has 15 heteroatoms. The molecule has 0 saturated carbocycles. The fourth-order valence-electron chi connectivity index (χ4n) is 18.8. The van der Waals surface area contributed by atoms with Crippen molar-refractivity contribution in [2.75, 3.05) is 57.5 Å². The van der Waals surface area contributed by atoms with Crippen molar-refractivity contribution < 1.29 is 47.7 Å². The smallest absolute Gasteiger partial charge is 0.344 e. The molecule has 18 aromatic carbocycles. The van der Waals surface area contributed by atoms with Crippen LogP contribution in [0.4, 0.5) is 0 Å². The second kappa shape index (κ2) is 44.1. The third-order valence-electron chi connectivity index (χ3n) is 25.7. The molecule has 5 fully saturated rings. The van der Waals surface area contributed by atoms with E-state index in [0.29, 0.717) is 111 Å². The first kappa shape index (κ1) is 91.3. The van der Waals surface area contributed by atoms with Gasteiger partial charge in [-0.25, -0.2) is 24.0 Å². The first-order valence-corrected chi connectivity index (χ1v) is 55.0. The Balaban J connectivity index is 0.000000109. The molecule has 23 rings (SSSR count). The van der Waals surface area contributed by atoms with Gasteiger partial charge in [0.1, 0.15) is 86.3 Å². The van der Waals surface area contributed by atoms with Crippen LogP contribution in [0.3, 0.4) is 0 Å². The Labute approximate surface area is 803 Å². The van der Waals surface area contributed by atoms with Crippen LogP contribution in [0.5, 0.6) is 28.7 Å². The maximum absolute atomic E-state index is 13.0. The quantitative estimate of drug-likeness (QED) is 0.0555. The van der Waals surface area contributed by atoms with E-state index >= 15 is 0 Å². The number of esters is 5. The highest BCUT2D eigenvalue weighted by molar-refractivity contribution is 7.98. The van der Waals surface area contributed by atoms with Crippen LogP contribution in [0.1, 0.15) is 135 Å². The summed E-state index contributed by atoms with van der Waals surface area (Å²) in [6, 6.07) is 122. The van der Waals surface area contributed by atoms with Crippen LogP contribution >= 0.6 is 0 Å². The lowest BCUT2D eigenvalue weighted by molar-refractivity contribution is 0.0727. The molecular weight excluding hydrogens is 1760 g/mol. The number of hydrogen-bond donors (Lipinski definition) is 0. The van der Waals surface area contributed by atoms with Gasteiger partial charge in [-0.05, 0) is 261 Å². The zero-order valence-electron chi connectivity index (χ0n) is 75.6. The van der Waals surface area contributed by atoms with E-state index in [4.69, 9.17) is 23.7 Å². The zero-order chi connectivity index (χ0) is 91.6. The van der Waals surface area contributed by atoms with Crippen LogP contribution in [-0.4, -0.2) is 87.4 Å². The van der Waals surface area contributed by atoms with E-state index in [0.717, 1.165) is 59.2 Å². The minimum atomic E-state index is -0.313. The number of rotatable bonds is 15. The van der Waals surface area contributed by atoms with Gasteiger partial charge in [0.25, 0.3) is 0 Å². The predicted octanol–water partition coefficient (Wildman–Crippen LogP) is 28.8. The Morgan fingerprint density at radius 2 is 0.385 bits per heavy atom. The molecule has 0 spiro atoms. The largest absolute Gasteiger partial charge is 0.422 e. The van der Waals surface area contributed by atoms with Crippen molar-refractivity contribution in [2.24, 2.45) is 0 Å². The van der Waals surface area contributed by atoms with Crippen LogP contribution < -0.4 is 23.7 Å². The Morgan fingerprint density at radius 1 is 0.163 bits per heavy atom. The number of carbonyl (C=O) groups excluding carboxylic acids is 5. The van der Waals surface area contributed by atoms with Crippen molar-refractivity contribution in [1.82, 2.24) is 0 Å². The van der Waals surface area contributed by atoms with Crippen LogP contribution in [0.15, 0.2) is 395 Å². The van der Waals surface area contributed by atoms with Crippen molar-refractivity contribution in [2.45, 2.75) is 108 Å². The van der Waals surface area contributed by atoms with Crippen molar-refractivity contribution in [3.05, 3.63) is 398 Å². The van der Waals surface area contributed by atoms with Gasteiger partial charge < -0.3 is 23.7 Å². The molecule has 0 aliphatic carbocycles. The zero-order valence-corrected chi connectivity index (χ0v) is 79.7. The van der Waals surface area contributed by atoms with Crippen molar-refractivity contribution in [3.63, 3.8) is 0 Å². The van der Waals surface area contributed by atoms with Crippen molar-refractivity contribution in [1.29, 1.82) is 0 Å². The van der Waals surface area contributed by atoms with Gasteiger partial charge in [0.2, 0.25) is 0 Å². The summed E-state index contributed by atoms with van der Waals surface area (Å²) in [7, 11) is 1.58. The Bertz CT molecular complexity index is 7310. The van der Waals surface area contributed by atoms with E-state index in [2.05, 4.69) is 115 Å². The van der Waals surface area contributed by atoms with Gasteiger partial charge in [0, 0.05) is 108 Å². The molecule has 672 valence electrons. The number of ether oxygens (including phenoxy) is 5. The number of carbonyl (C=O) groups is 5. The molecule has 18 aromatic rings. The minimum Gasteiger partial charge on any atom is -0.422 e. The van der Waals surface area contributed by atoms with Gasteiger partial charge in [-0.2, -0.15) is 0 Å². The third kappa shape index (κ3) is 21.6. The highest BCUT2D eigenvalue weighted by Gasteiger charge is 2.35. The van der Waals surface area contributed by atoms with E-state index < -0.39 is 0 Å². The van der Waals surface area contributed by atoms with Crippen molar-refractivity contribution >= 4 is 171 Å². The summed E-state index contributed by atoms with van der Waals surface area (Å²) in [6.45, 7) is 0. The first-order valence-electron chi connectivity index (χ1n) is 47.2. The van der Waals surface area contributed by atoms with E-state index in [1.807, 2.05) is 231 Å². The highest BCUT2D eigenvalue weighted by atomic mass is 32.2. The normalized spacial score (nSPS) is 14.9. The molecule has 135 heavy (non-hydrogen) atoms. The number of benzene rings is 18. The maximum atomic E-state index is 13.0. The van der Waals surface area contributed by atoms with Crippen LogP contribution in [0.2, 0.25) is 0 Å². The van der Waals surface area contributed by atoms with Gasteiger partial charge in [-0.1, -0.05) is 224 Å². The lowest BCUT2D eigenvalue weighted by atomic mass is 10.0. The summed E-state index contributed by atoms with van der Waals surface area (Å²) in [5, 5.41) is 17.5. The minimum absolute atomic E-state index is 0.301. The summed E-state index contributed by atoms with van der Waals surface area (Å²) >= 11 is 0. The standard InChI is InChI=1S/2C26H23O2S.C25H21O2S.C22H21O2S.C21H19O2S/c27-26(23-14-8-10-19-9-2-3-11-20(19)23)28-24-15-16-25(29-17-6-1-7-18-29)22-13-5-4-12-21(22)24;27-26(21-13-12-19-8-2-3-9-20(19)18-21)28-24-14-15-25(29-16-6-1-7-17-29)23-11-5-4-10-22(23)24;26-25(20-12-11-18-7-1-2-8-19(18)17-20)27-23-13-14-24(28-15-5-6-16-28)22-10-4-3-9-21(22)23;23-22(17-9-3-1-4-10-17)24-20-13-14-21(25-15-7-2-8-16-25)19-12-6-5-11-18(19)20;22-21(16-8-2-1-3-9-16)23-19-12-13-20(24-14-6-7-15-24)18-11-5-4-10-17(18)19/h2-5,8-16H,1,6-7,17-18H2;2-5,8-15,18H,1,6-7,16-17H2;1-4,7-14,17H,5-6,15-16H2;1,3-6,9-14H,2,7-8,15-16H2;1-5,8-13H,6-7,14-15H2/q5*+1. The van der Waals surface area contributed by atoms with E-state index in [1.54, 1.807) is 24.3 Å². The first-order chi connectivity index (χ1) is 66.5. The monoisotopic (exact) mass is 1870 g/mol. The molecule has 5 heterocycles. The molecule has 0 radical (unpaired) electrons. The molecule has 5 saturated heterocycles. The maximum Gasteiger partial charge on any atom is 0.344 e.